The number of non-ortho nitro benzene ring substituents is 1. The molecule has 1 rings (SSSR count). The molecule has 0 unspecified atom stereocenters. The molecule has 0 heterocycles. The molecule has 0 saturated carbocycles. The van der Waals surface area contributed by atoms with Crippen LogP contribution in [0.1, 0.15) is 26.3 Å². The first-order chi connectivity index (χ1) is 9.88. The summed E-state index contributed by atoms with van der Waals surface area (Å²) in [6.45, 7) is 6.00. The minimum Gasteiger partial charge on any atom is -0.392 e. The van der Waals surface area contributed by atoms with E-state index in [1.807, 2.05) is 20.8 Å². The average Bonchev–Trinajstić information content (AvgIpc) is 2.43. The Hall–Kier alpha value is -2.15. The van der Waals surface area contributed by atoms with Crippen LogP contribution >= 0.6 is 0 Å². The molecule has 7 nitrogen and oxygen atoms in total. The van der Waals surface area contributed by atoms with E-state index in [1.54, 1.807) is 11.0 Å². The fourth-order valence-electron chi connectivity index (χ4n) is 2.03. The number of nitro benzene ring substituents is 1. The Kier molecular flexibility index (Phi) is 6.10. The molecule has 2 N–H and O–H groups in total. The van der Waals surface area contributed by atoms with Crippen LogP contribution < -0.4 is 10.2 Å². The summed E-state index contributed by atoms with van der Waals surface area (Å²) in [7, 11) is 0. The Morgan fingerprint density at radius 1 is 1.48 bits per heavy atom. The number of rotatable bonds is 7. The molecule has 0 spiro atoms. The van der Waals surface area contributed by atoms with Crippen molar-refractivity contribution >= 4 is 17.3 Å². The van der Waals surface area contributed by atoms with Crippen LogP contribution in [0.4, 0.5) is 11.4 Å². The maximum absolute atomic E-state index is 11.8. The van der Waals surface area contributed by atoms with Gasteiger partial charge in [-0.3, -0.25) is 14.9 Å². The third kappa shape index (κ3) is 4.71. The van der Waals surface area contributed by atoms with Gasteiger partial charge in [-0.05, 0) is 26.8 Å². The van der Waals surface area contributed by atoms with Gasteiger partial charge >= 0.3 is 0 Å². The van der Waals surface area contributed by atoms with Gasteiger partial charge in [-0.2, -0.15) is 0 Å². The van der Waals surface area contributed by atoms with Crippen LogP contribution in [0.5, 0.6) is 0 Å². The van der Waals surface area contributed by atoms with E-state index < -0.39 is 4.92 Å². The third-order valence-electron chi connectivity index (χ3n) is 2.95. The minimum absolute atomic E-state index is 0.0466. The number of benzene rings is 1. The van der Waals surface area contributed by atoms with Gasteiger partial charge in [-0.15, -0.1) is 0 Å². The second kappa shape index (κ2) is 7.58. The first kappa shape index (κ1) is 16.9. The summed E-state index contributed by atoms with van der Waals surface area (Å²) in [4.78, 5) is 23.9. The quantitative estimate of drug-likeness (QED) is 0.586. The second-order valence-corrected chi connectivity index (χ2v) is 4.96. The molecular formula is C14H21N3O4. The number of amides is 1. The Bertz CT molecular complexity index is 517. The predicted molar refractivity (Wildman–Crippen MR) is 80.2 cm³/mol. The van der Waals surface area contributed by atoms with Crippen molar-refractivity contribution in [3.63, 3.8) is 0 Å². The molecule has 0 atom stereocenters. The normalized spacial score (nSPS) is 10.5. The maximum Gasteiger partial charge on any atom is 0.269 e. The highest BCUT2D eigenvalue weighted by atomic mass is 16.6. The summed E-state index contributed by atoms with van der Waals surface area (Å²) in [5.41, 5.74) is 0.985. The number of aliphatic hydroxyl groups is 1. The van der Waals surface area contributed by atoms with E-state index in [0.717, 1.165) is 0 Å². The van der Waals surface area contributed by atoms with Gasteiger partial charge in [0.15, 0.2) is 0 Å². The van der Waals surface area contributed by atoms with E-state index in [4.69, 9.17) is 0 Å². The van der Waals surface area contributed by atoms with Crippen molar-refractivity contribution in [1.82, 2.24) is 5.32 Å². The topological polar surface area (TPSA) is 95.7 Å². The van der Waals surface area contributed by atoms with Crippen LogP contribution in [0.2, 0.25) is 0 Å². The highest BCUT2D eigenvalue weighted by Gasteiger charge is 2.16. The molecule has 1 aromatic carbocycles. The van der Waals surface area contributed by atoms with E-state index in [0.29, 0.717) is 17.8 Å². The van der Waals surface area contributed by atoms with Crippen LogP contribution in [0.3, 0.4) is 0 Å². The number of hydrogen-bond acceptors (Lipinski definition) is 5. The van der Waals surface area contributed by atoms with Gasteiger partial charge in [0.05, 0.1) is 18.1 Å². The number of anilines is 1. The number of carbonyl (C=O) groups is 1. The van der Waals surface area contributed by atoms with E-state index >= 15 is 0 Å². The SMILES string of the molecule is CCN(CC(=O)NC(C)C)c1ccc([N+](=O)[O-])cc1CO. The van der Waals surface area contributed by atoms with Gasteiger partial charge < -0.3 is 15.3 Å². The monoisotopic (exact) mass is 295 g/mol. The molecule has 0 aliphatic carbocycles. The molecule has 7 heteroatoms. The fraction of sp³-hybridized carbons (Fsp3) is 0.500. The number of carbonyl (C=O) groups excluding carboxylic acids is 1. The van der Waals surface area contributed by atoms with Crippen LogP contribution in [0.15, 0.2) is 18.2 Å². The summed E-state index contributed by atoms with van der Waals surface area (Å²) in [6.07, 6.45) is 0. The first-order valence-corrected chi connectivity index (χ1v) is 6.81. The third-order valence-corrected chi connectivity index (χ3v) is 2.95. The molecule has 1 aromatic rings. The minimum atomic E-state index is -0.509. The molecule has 1 amide bonds. The molecule has 21 heavy (non-hydrogen) atoms. The van der Waals surface area contributed by atoms with E-state index in [2.05, 4.69) is 5.32 Å². The van der Waals surface area contributed by atoms with Gasteiger partial charge in [-0.1, -0.05) is 0 Å². The molecule has 0 aliphatic rings. The van der Waals surface area contributed by atoms with E-state index in [9.17, 15) is 20.0 Å². The summed E-state index contributed by atoms with van der Waals surface area (Å²) in [6, 6.07) is 4.32. The average molecular weight is 295 g/mol. The van der Waals surface area contributed by atoms with Crippen LogP contribution in [0, 0.1) is 10.1 Å². The van der Waals surface area contributed by atoms with Crippen molar-refractivity contribution in [2.75, 3.05) is 18.0 Å². The largest absolute Gasteiger partial charge is 0.392 e. The highest BCUT2D eigenvalue weighted by Crippen LogP contribution is 2.25. The summed E-state index contributed by atoms with van der Waals surface area (Å²) in [5.74, 6) is -0.130. The summed E-state index contributed by atoms with van der Waals surface area (Å²) in [5, 5.41) is 23.0. The molecule has 0 fully saturated rings. The van der Waals surface area contributed by atoms with Crippen LogP contribution in [-0.2, 0) is 11.4 Å². The molecular weight excluding hydrogens is 274 g/mol. The number of hydrogen-bond donors (Lipinski definition) is 2. The molecule has 0 radical (unpaired) electrons. The number of nitrogens with one attached hydrogen (secondary N) is 1. The van der Waals surface area contributed by atoms with Crippen molar-refractivity contribution < 1.29 is 14.8 Å². The van der Waals surface area contributed by atoms with Crippen molar-refractivity contribution in [2.24, 2.45) is 0 Å². The number of likely N-dealkylation sites (N-methyl/N-ethyl adjacent to an activating group) is 1. The predicted octanol–water partition coefficient (Wildman–Crippen LogP) is 1.44. The van der Waals surface area contributed by atoms with Gasteiger partial charge in [0.2, 0.25) is 5.91 Å². The van der Waals surface area contributed by atoms with E-state index in [1.165, 1.54) is 12.1 Å². The van der Waals surface area contributed by atoms with Gasteiger partial charge in [0, 0.05) is 36.0 Å². The lowest BCUT2D eigenvalue weighted by Gasteiger charge is -2.25. The molecule has 0 aliphatic heterocycles. The van der Waals surface area contributed by atoms with Gasteiger partial charge in [0.25, 0.3) is 5.69 Å². The van der Waals surface area contributed by atoms with E-state index in [-0.39, 0.29) is 30.8 Å². The lowest BCUT2D eigenvalue weighted by Crippen LogP contribution is -2.40. The smallest absolute Gasteiger partial charge is 0.269 e. The second-order valence-electron chi connectivity index (χ2n) is 4.96. The zero-order valence-corrected chi connectivity index (χ0v) is 12.5. The molecule has 0 bridgehead atoms. The number of nitrogens with zero attached hydrogens (tertiary/aromatic N) is 2. The highest BCUT2D eigenvalue weighted by molar-refractivity contribution is 5.82. The van der Waals surface area contributed by atoms with Crippen molar-refractivity contribution in [3.05, 3.63) is 33.9 Å². The number of aliphatic hydroxyl groups excluding tert-OH is 1. The Labute approximate surface area is 123 Å². The first-order valence-electron chi connectivity index (χ1n) is 6.81. The lowest BCUT2D eigenvalue weighted by molar-refractivity contribution is -0.384. The van der Waals surface area contributed by atoms with Crippen LogP contribution in [-0.4, -0.2) is 35.1 Å². The Morgan fingerprint density at radius 2 is 2.14 bits per heavy atom. The molecule has 116 valence electrons. The van der Waals surface area contributed by atoms with Crippen molar-refractivity contribution in [1.29, 1.82) is 0 Å². The van der Waals surface area contributed by atoms with Gasteiger partial charge in [0.1, 0.15) is 0 Å². The summed E-state index contributed by atoms with van der Waals surface area (Å²) < 4.78 is 0. The molecule has 0 saturated heterocycles. The molecule has 0 aromatic heterocycles. The fourth-order valence-corrected chi connectivity index (χ4v) is 2.03. The zero-order valence-electron chi connectivity index (χ0n) is 12.5. The number of nitro groups is 1. The van der Waals surface area contributed by atoms with Crippen LogP contribution in [0.25, 0.3) is 0 Å². The Morgan fingerprint density at radius 3 is 2.62 bits per heavy atom. The Balaban J connectivity index is 2.99. The zero-order chi connectivity index (χ0) is 16.0. The van der Waals surface area contributed by atoms with Crippen molar-refractivity contribution in [3.8, 4) is 0 Å². The maximum atomic E-state index is 11.8. The van der Waals surface area contributed by atoms with Crippen molar-refractivity contribution in [2.45, 2.75) is 33.4 Å². The lowest BCUT2D eigenvalue weighted by atomic mass is 10.1. The summed E-state index contributed by atoms with van der Waals surface area (Å²) >= 11 is 0. The standard InChI is InChI=1S/C14H21N3O4/c1-4-16(8-14(19)15-10(2)3)13-6-5-12(17(20)21)7-11(13)9-18/h5-7,10,18H,4,8-9H2,1-3H3,(H,15,19). The van der Waals surface area contributed by atoms with Gasteiger partial charge in [-0.25, -0.2) is 0 Å².